The van der Waals surface area contributed by atoms with Gasteiger partial charge in [0.05, 0.1) is 6.54 Å². The van der Waals surface area contributed by atoms with E-state index in [0.29, 0.717) is 18.3 Å². The summed E-state index contributed by atoms with van der Waals surface area (Å²) >= 11 is 0. The SMILES string of the molecule is CCCCc1nn(CC2CCCCC2)c(=O)n1Cc1ccc(-c2ccccc2-c2nnn[nH]2)cc1. The highest BCUT2D eigenvalue weighted by molar-refractivity contribution is 5.80. The van der Waals surface area contributed by atoms with Gasteiger partial charge in [-0.05, 0) is 52.3 Å². The van der Waals surface area contributed by atoms with Gasteiger partial charge in [0.25, 0.3) is 0 Å². The van der Waals surface area contributed by atoms with Crippen molar-refractivity contribution in [3.63, 3.8) is 0 Å². The van der Waals surface area contributed by atoms with Gasteiger partial charge in [-0.3, -0.25) is 4.57 Å². The molecule has 8 heteroatoms. The number of benzene rings is 2. The molecule has 4 aromatic rings. The highest BCUT2D eigenvalue weighted by atomic mass is 16.2. The molecule has 5 rings (SSSR count). The van der Waals surface area contributed by atoms with Crippen LogP contribution in [0.4, 0.5) is 0 Å². The predicted molar refractivity (Wildman–Crippen MR) is 136 cm³/mol. The lowest BCUT2D eigenvalue weighted by Crippen LogP contribution is -2.29. The number of aromatic nitrogens is 7. The summed E-state index contributed by atoms with van der Waals surface area (Å²) in [6.45, 7) is 3.46. The van der Waals surface area contributed by atoms with E-state index in [9.17, 15) is 4.79 Å². The molecule has 1 N–H and O–H groups in total. The molecule has 1 aliphatic carbocycles. The molecule has 2 aromatic heterocycles. The van der Waals surface area contributed by atoms with Crippen LogP contribution in [0.5, 0.6) is 0 Å². The Morgan fingerprint density at radius 1 is 1.00 bits per heavy atom. The minimum atomic E-state index is 0.0221. The first kappa shape index (κ1) is 23.2. The van der Waals surface area contributed by atoms with Gasteiger partial charge in [0, 0.05) is 18.5 Å². The molecule has 2 aromatic carbocycles. The molecule has 0 amide bonds. The fourth-order valence-electron chi connectivity index (χ4n) is 5.08. The Morgan fingerprint density at radius 2 is 1.77 bits per heavy atom. The normalized spacial score (nSPS) is 14.4. The highest BCUT2D eigenvalue weighted by Crippen LogP contribution is 2.30. The number of tetrazole rings is 1. The van der Waals surface area contributed by atoms with Crippen LogP contribution in [0.1, 0.15) is 63.3 Å². The Morgan fingerprint density at radius 3 is 2.49 bits per heavy atom. The van der Waals surface area contributed by atoms with Gasteiger partial charge in [0.2, 0.25) is 0 Å². The van der Waals surface area contributed by atoms with E-state index < -0.39 is 0 Å². The maximum absolute atomic E-state index is 13.3. The third-order valence-electron chi connectivity index (χ3n) is 7.04. The number of hydrogen-bond acceptors (Lipinski definition) is 5. The van der Waals surface area contributed by atoms with Crippen LogP contribution in [-0.4, -0.2) is 35.0 Å². The number of nitrogens with one attached hydrogen (secondary N) is 1. The third-order valence-corrected chi connectivity index (χ3v) is 7.04. The lowest BCUT2D eigenvalue weighted by atomic mass is 9.89. The van der Waals surface area contributed by atoms with Crippen molar-refractivity contribution in [2.45, 2.75) is 71.4 Å². The van der Waals surface area contributed by atoms with Gasteiger partial charge in [-0.25, -0.2) is 14.6 Å². The van der Waals surface area contributed by atoms with Crippen molar-refractivity contribution in [2.24, 2.45) is 5.92 Å². The number of unbranched alkanes of at least 4 members (excludes halogenated alkanes) is 1. The van der Waals surface area contributed by atoms with E-state index in [1.807, 2.05) is 22.8 Å². The molecule has 2 heterocycles. The largest absolute Gasteiger partial charge is 0.346 e. The minimum Gasteiger partial charge on any atom is -0.274 e. The van der Waals surface area contributed by atoms with E-state index in [4.69, 9.17) is 5.10 Å². The molecule has 8 nitrogen and oxygen atoms in total. The van der Waals surface area contributed by atoms with Crippen molar-refractivity contribution in [3.05, 3.63) is 70.4 Å². The van der Waals surface area contributed by atoms with E-state index >= 15 is 0 Å². The molecular weight excluding hydrogens is 438 g/mol. The summed E-state index contributed by atoms with van der Waals surface area (Å²) < 4.78 is 3.61. The molecule has 0 bridgehead atoms. The Kier molecular flexibility index (Phi) is 7.16. The van der Waals surface area contributed by atoms with Gasteiger partial charge in [0.15, 0.2) is 5.82 Å². The van der Waals surface area contributed by atoms with Crippen molar-refractivity contribution in [1.82, 2.24) is 35.0 Å². The zero-order valence-corrected chi connectivity index (χ0v) is 20.4. The highest BCUT2D eigenvalue weighted by Gasteiger charge is 2.19. The number of hydrogen-bond donors (Lipinski definition) is 1. The first-order valence-electron chi connectivity index (χ1n) is 12.8. The first-order chi connectivity index (χ1) is 17.2. The van der Waals surface area contributed by atoms with Crippen LogP contribution in [0, 0.1) is 5.92 Å². The van der Waals surface area contributed by atoms with Gasteiger partial charge in [-0.15, -0.1) is 5.10 Å². The van der Waals surface area contributed by atoms with Crippen molar-refractivity contribution < 1.29 is 0 Å². The summed E-state index contributed by atoms with van der Waals surface area (Å²) in [6.07, 6.45) is 9.21. The zero-order valence-electron chi connectivity index (χ0n) is 20.4. The molecule has 0 unspecified atom stereocenters. The fraction of sp³-hybridized carbons (Fsp3) is 0.444. The second-order valence-corrected chi connectivity index (χ2v) is 9.57. The van der Waals surface area contributed by atoms with Crippen molar-refractivity contribution in [1.29, 1.82) is 0 Å². The van der Waals surface area contributed by atoms with Crippen LogP contribution in [0.2, 0.25) is 0 Å². The number of aryl methyl sites for hydroxylation is 1. The average molecular weight is 472 g/mol. The topological polar surface area (TPSA) is 94.3 Å². The van der Waals surface area contributed by atoms with Gasteiger partial charge >= 0.3 is 5.69 Å². The van der Waals surface area contributed by atoms with Crippen LogP contribution in [0.3, 0.4) is 0 Å². The van der Waals surface area contributed by atoms with Crippen LogP contribution in [0.15, 0.2) is 53.3 Å². The lowest BCUT2D eigenvalue weighted by Gasteiger charge is -2.20. The smallest absolute Gasteiger partial charge is 0.274 e. The van der Waals surface area contributed by atoms with Crippen molar-refractivity contribution in [3.8, 4) is 22.5 Å². The average Bonchev–Trinajstić information content (AvgIpc) is 3.54. The van der Waals surface area contributed by atoms with Gasteiger partial charge in [0.1, 0.15) is 5.82 Å². The van der Waals surface area contributed by atoms with Gasteiger partial charge < -0.3 is 0 Å². The second-order valence-electron chi connectivity index (χ2n) is 9.57. The summed E-state index contributed by atoms with van der Waals surface area (Å²) in [6, 6.07) is 16.4. The molecule has 1 fully saturated rings. The first-order valence-corrected chi connectivity index (χ1v) is 12.8. The molecule has 0 aliphatic heterocycles. The van der Waals surface area contributed by atoms with Crippen LogP contribution < -0.4 is 5.69 Å². The van der Waals surface area contributed by atoms with Crippen LogP contribution in [-0.2, 0) is 19.5 Å². The second kappa shape index (κ2) is 10.8. The van der Waals surface area contributed by atoms with Gasteiger partial charge in [-0.2, -0.15) is 5.10 Å². The Balaban J connectivity index is 1.39. The lowest BCUT2D eigenvalue weighted by molar-refractivity contribution is 0.303. The minimum absolute atomic E-state index is 0.0221. The quantitative estimate of drug-likeness (QED) is 0.376. The summed E-state index contributed by atoms with van der Waals surface area (Å²) in [5, 5.41) is 19.1. The fourth-order valence-corrected chi connectivity index (χ4v) is 5.08. The Labute approximate surface area is 205 Å². The zero-order chi connectivity index (χ0) is 24.0. The molecule has 1 aliphatic rings. The monoisotopic (exact) mass is 471 g/mol. The molecule has 182 valence electrons. The number of H-pyrrole nitrogens is 1. The number of aromatic amines is 1. The Hall–Kier alpha value is -3.55. The van der Waals surface area contributed by atoms with Crippen LogP contribution in [0.25, 0.3) is 22.5 Å². The van der Waals surface area contributed by atoms with E-state index in [0.717, 1.165) is 53.9 Å². The Bertz CT molecular complexity index is 1280. The molecule has 0 radical (unpaired) electrons. The summed E-state index contributed by atoms with van der Waals surface area (Å²) in [5.74, 6) is 2.12. The molecule has 1 saturated carbocycles. The third kappa shape index (κ3) is 5.26. The van der Waals surface area contributed by atoms with E-state index in [-0.39, 0.29) is 5.69 Å². The number of nitrogens with zero attached hydrogens (tertiary/aromatic N) is 6. The standard InChI is InChI=1S/C27H33N7O/c1-2-3-13-25-30-34(19-20-9-5-4-6-10-20)27(35)33(25)18-21-14-16-22(17-15-21)23-11-7-8-12-24(23)26-28-31-32-29-26/h7-8,11-12,14-17,20H,2-6,9-10,13,18-19H2,1H3,(H,28,29,31,32). The molecular formula is C27H33N7O. The van der Waals surface area contributed by atoms with E-state index in [1.165, 1.54) is 32.1 Å². The maximum atomic E-state index is 13.3. The molecule has 35 heavy (non-hydrogen) atoms. The molecule has 0 atom stereocenters. The molecule has 0 spiro atoms. The predicted octanol–water partition coefficient (Wildman–Crippen LogP) is 4.86. The van der Waals surface area contributed by atoms with E-state index in [2.05, 4.69) is 57.9 Å². The number of rotatable bonds is 9. The van der Waals surface area contributed by atoms with Gasteiger partial charge in [-0.1, -0.05) is 81.1 Å². The van der Waals surface area contributed by atoms with E-state index in [1.54, 1.807) is 4.68 Å². The summed E-state index contributed by atoms with van der Waals surface area (Å²) in [4.78, 5) is 13.3. The maximum Gasteiger partial charge on any atom is 0.346 e. The van der Waals surface area contributed by atoms with Crippen molar-refractivity contribution >= 4 is 0 Å². The van der Waals surface area contributed by atoms with Crippen molar-refractivity contribution in [2.75, 3.05) is 0 Å². The molecule has 0 saturated heterocycles. The van der Waals surface area contributed by atoms with Crippen LogP contribution >= 0.6 is 0 Å². The summed E-state index contributed by atoms with van der Waals surface area (Å²) in [7, 11) is 0. The summed E-state index contributed by atoms with van der Waals surface area (Å²) in [5.41, 5.74) is 4.19.